The summed E-state index contributed by atoms with van der Waals surface area (Å²) in [6.45, 7) is 2.05. The third-order valence-electron chi connectivity index (χ3n) is 1.89. The van der Waals surface area contributed by atoms with Gasteiger partial charge in [-0.3, -0.25) is 0 Å². The first-order valence-electron chi connectivity index (χ1n) is 4.25. The largest absolute Gasteiger partial charge is 0.334 e. The Bertz CT molecular complexity index is 422. The zero-order chi connectivity index (χ0) is 9.97. The molecule has 0 saturated heterocycles. The summed E-state index contributed by atoms with van der Waals surface area (Å²) in [5.41, 5.74) is 2.20. The third-order valence-corrected chi connectivity index (χ3v) is 2.57. The molecule has 0 atom stereocenters. The van der Waals surface area contributed by atoms with E-state index in [9.17, 15) is 0 Å². The zero-order valence-electron chi connectivity index (χ0n) is 7.70. The lowest BCUT2D eigenvalue weighted by atomic mass is 10.1. The molecule has 0 radical (unpaired) electrons. The lowest BCUT2D eigenvalue weighted by molar-refractivity contribution is 0.425. The molecule has 1 aromatic heterocycles. The van der Waals surface area contributed by atoms with Crippen LogP contribution in [0.3, 0.4) is 0 Å². The van der Waals surface area contributed by atoms with E-state index < -0.39 is 0 Å². The van der Waals surface area contributed by atoms with Gasteiger partial charge in [-0.2, -0.15) is 4.98 Å². The van der Waals surface area contributed by atoms with Gasteiger partial charge in [0.15, 0.2) is 5.82 Å². The Labute approximate surface area is 95.7 Å². The average Bonchev–Trinajstić information content (AvgIpc) is 2.67. The van der Waals surface area contributed by atoms with Crippen LogP contribution >= 0.6 is 22.6 Å². The van der Waals surface area contributed by atoms with Gasteiger partial charge in [0.2, 0.25) is 0 Å². The summed E-state index contributed by atoms with van der Waals surface area (Å²) < 4.78 is 5.89. The number of nitrogens with zero attached hydrogens (tertiary/aromatic N) is 2. The van der Waals surface area contributed by atoms with Gasteiger partial charge in [-0.15, -0.1) is 0 Å². The van der Waals surface area contributed by atoms with Crippen LogP contribution in [0.1, 0.15) is 11.4 Å². The summed E-state index contributed by atoms with van der Waals surface area (Å²) >= 11 is 2.21. The summed E-state index contributed by atoms with van der Waals surface area (Å²) in [7, 11) is 0. The van der Waals surface area contributed by atoms with E-state index in [1.807, 2.05) is 31.2 Å². The molecule has 0 N–H and O–H groups in total. The lowest BCUT2D eigenvalue weighted by Gasteiger charge is -1.93. The summed E-state index contributed by atoms with van der Waals surface area (Å²) in [6.07, 6.45) is 0. The van der Waals surface area contributed by atoms with Gasteiger partial charge in [-0.1, -0.05) is 45.4 Å². The molecule has 0 bridgehead atoms. The standard InChI is InChI=1S/C10H9IN2O/c1-7-2-4-8(5-3-7)10-12-9(6-11)13-14-10/h2-5H,6H2,1H3. The van der Waals surface area contributed by atoms with Crippen molar-refractivity contribution in [1.82, 2.24) is 10.1 Å². The fraction of sp³-hybridized carbons (Fsp3) is 0.200. The maximum Gasteiger partial charge on any atom is 0.257 e. The van der Waals surface area contributed by atoms with Crippen molar-refractivity contribution < 1.29 is 4.52 Å². The monoisotopic (exact) mass is 300 g/mol. The van der Waals surface area contributed by atoms with Gasteiger partial charge >= 0.3 is 0 Å². The normalized spacial score (nSPS) is 10.4. The minimum absolute atomic E-state index is 0.594. The molecule has 2 rings (SSSR count). The molecule has 0 aliphatic rings. The van der Waals surface area contributed by atoms with E-state index in [-0.39, 0.29) is 0 Å². The van der Waals surface area contributed by atoms with Crippen molar-refractivity contribution in [2.45, 2.75) is 11.4 Å². The second-order valence-electron chi connectivity index (χ2n) is 3.02. The van der Waals surface area contributed by atoms with Crippen LogP contribution in [0.4, 0.5) is 0 Å². The number of hydrogen-bond donors (Lipinski definition) is 0. The Morgan fingerprint density at radius 2 is 2.00 bits per heavy atom. The van der Waals surface area contributed by atoms with Gasteiger partial charge in [0.25, 0.3) is 5.89 Å². The van der Waals surface area contributed by atoms with Crippen LogP contribution in [0.5, 0.6) is 0 Å². The number of alkyl halides is 1. The summed E-state index contributed by atoms with van der Waals surface area (Å²) in [5.74, 6) is 1.33. The molecule has 0 aliphatic heterocycles. The van der Waals surface area contributed by atoms with E-state index in [2.05, 4.69) is 32.7 Å². The molecule has 2 aromatic rings. The zero-order valence-corrected chi connectivity index (χ0v) is 9.85. The van der Waals surface area contributed by atoms with Crippen LogP contribution in [-0.4, -0.2) is 10.1 Å². The van der Waals surface area contributed by atoms with Crippen molar-refractivity contribution in [3.63, 3.8) is 0 Å². The first-order chi connectivity index (χ1) is 6.79. The van der Waals surface area contributed by atoms with Crippen molar-refractivity contribution in [2.24, 2.45) is 0 Å². The maximum absolute atomic E-state index is 5.12. The molecule has 14 heavy (non-hydrogen) atoms. The SMILES string of the molecule is Cc1ccc(-c2nc(CI)no2)cc1. The molecule has 0 fully saturated rings. The molecular weight excluding hydrogens is 291 g/mol. The van der Waals surface area contributed by atoms with Crippen LogP contribution in [0, 0.1) is 6.92 Å². The first kappa shape index (κ1) is 9.64. The highest BCUT2D eigenvalue weighted by molar-refractivity contribution is 14.1. The smallest absolute Gasteiger partial charge is 0.257 e. The van der Waals surface area contributed by atoms with Crippen molar-refractivity contribution in [3.05, 3.63) is 35.7 Å². The molecule has 1 heterocycles. The number of aryl methyl sites for hydroxylation is 1. The fourth-order valence-corrected chi connectivity index (χ4v) is 1.43. The lowest BCUT2D eigenvalue weighted by Crippen LogP contribution is -1.80. The molecule has 72 valence electrons. The van der Waals surface area contributed by atoms with Gasteiger partial charge in [-0.05, 0) is 19.1 Å². The third kappa shape index (κ3) is 1.95. The van der Waals surface area contributed by atoms with Crippen molar-refractivity contribution in [2.75, 3.05) is 0 Å². The number of rotatable bonds is 2. The van der Waals surface area contributed by atoms with Gasteiger partial charge in [0.1, 0.15) is 0 Å². The molecule has 4 heteroatoms. The molecule has 0 saturated carbocycles. The predicted octanol–water partition coefficient (Wildman–Crippen LogP) is 2.98. The van der Waals surface area contributed by atoms with E-state index in [1.165, 1.54) is 5.56 Å². The number of hydrogen-bond acceptors (Lipinski definition) is 3. The van der Waals surface area contributed by atoms with Gasteiger partial charge in [-0.25, -0.2) is 0 Å². The molecule has 0 spiro atoms. The molecule has 0 aliphatic carbocycles. The first-order valence-corrected chi connectivity index (χ1v) is 5.78. The Hall–Kier alpha value is -0.910. The maximum atomic E-state index is 5.12. The minimum atomic E-state index is 0.594. The Balaban J connectivity index is 2.34. The van der Waals surface area contributed by atoms with Crippen LogP contribution in [-0.2, 0) is 4.43 Å². The highest BCUT2D eigenvalue weighted by Gasteiger charge is 2.06. The van der Waals surface area contributed by atoms with E-state index in [0.717, 1.165) is 15.8 Å². The molecule has 0 amide bonds. The van der Waals surface area contributed by atoms with Gasteiger partial charge in [0, 0.05) is 5.56 Å². The average molecular weight is 300 g/mol. The second kappa shape index (κ2) is 4.08. The van der Waals surface area contributed by atoms with Crippen LogP contribution < -0.4 is 0 Å². The summed E-state index contributed by atoms with van der Waals surface area (Å²) in [4.78, 5) is 4.24. The highest BCUT2D eigenvalue weighted by atomic mass is 127. The van der Waals surface area contributed by atoms with E-state index in [0.29, 0.717) is 5.89 Å². The number of halogens is 1. The summed E-state index contributed by atoms with van der Waals surface area (Å²) in [6, 6.07) is 8.03. The Morgan fingerprint density at radius 3 is 2.57 bits per heavy atom. The van der Waals surface area contributed by atoms with Crippen molar-refractivity contribution in [1.29, 1.82) is 0 Å². The molecule has 1 aromatic carbocycles. The van der Waals surface area contributed by atoms with Gasteiger partial charge in [0.05, 0.1) is 4.43 Å². The number of aromatic nitrogens is 2. The predicted molar refractivity (Wildman–Crippen MR) is 62.2 cm³/mol. The summed E-state index contributed by atoms with van der Waals surface area (Å²) in [5, 5.41) is 3.84. The molecule has 3 nitrogen and oxygen atoms in total. The second-order valence-corrected chi connectivity index (χ2v) is 3.78. The van der Waals surface area contributed by atoms with E-state index in [1.54, 1.807) is 0 Å². The van der Waals surface area contributed by atoms with Crippen LogP contribution in [0.2, 0.25) is 0 Å². The van der Waals surface area contributed by atoms with Crippen LogP contribution in [0.25, 0.3) is 11.5 Å². The quantitative estimate of drug-likeness (QED) is 0.632. The van der Waals surface area contributed by atoms with Crippen LogP contribution in [0.15, 0.2) is 28.8 Å². The Kier molecular flexibility index (Phi) is 2.81. The van der Waals surface area contributed by atoms with E-state index in [4.69, 9.17) is 4.52 Å². The molecule has 0 unspecified atom stereocenters. The topological polar surface area (TPSA) is 38.9 Å². The van der Waals surface area contributed by atoms with Crippen molar-refractivity contribution >= 4 is 22.6 Å². The van der Waals surface area contributed by atoms with Crippen molar-refractivity contribution in [3.8, 4) is 11.5 Å². The number of benzene rings is 1. The molecular formula is C10H9IN2O. The Morgan fingerprint density at radius 1 is 1.29 bits per heavy atom. The highest BCUT2D eigenvalue weighted by Crippen LogP contribution is 2.17. The van der Waals surface area contributed by atoms with E-state index >= 15 is 0 Å². The fourth-order valence-electron chi connectivity index (χ4n) is 1.12. The minimum Gasteiger partial charge on any atom is -0.334 e. The van der Waals surface area contributed by atoms with Gasteiger partial charge < -0.3 is 4.52 Å².